The molecule has 1 N–H and O–H groups in total. The molecule has 4 aromatic rings. The number of aliphatic hydroxyl groups is 1. The molecule has 4 aromatic carbocycles. The zero-order chi connectivity index (χ0) is 53.4. The predicted molar refractivity (Wildman–Crippen MR) is 318 cm³/mol. The molecule has 0 saturated carbocycles. The second-order valence-electron chi connectivity index (χ2n) is 20.8. The fourth-order valence-corrected chi connectivity index (χ4v) is 22.1. The fourth-order valence-electron chi connectivity index (χ4n) is 10.4. The Kier molecular flexibility index (Phi) is 26.7. The summed E-state index contributed by atoms with van der Waals surface area (Å²) in [5.41, 5.74) is 2.21. The van der Waals surface area contributed by atoms with E-state index in [1.54, 1.807) is 21.3 Å². The highest BCUT2D eigenvalue weighted by Crippen LogP contribution is 2.56. The number of rotatable bonds is 34. The maximum absolute atomic E-state index is 13.0. The SMILES string of the molecule is COCCO[C@H](CO[Si](c1ccccc1)(c1ccccc1)C(C)(C)C)C[C@@H](CC1(C(O)C[C@H](C)C2(C[C@H](OCc3ccccc3)[C@H](CCOCc3ccc(OC)cc3)OCCOC)SCCCS2)SCCCS1)OC. The van der Waals surface area contributed by atoms with Crippen LogP contribution in [0.5, 0.6) is 5.75 Å². The van der Waals surface area contributed by atoms with E-state index in [0.717, 1.165) is 59.2 Å². The van der Waals surface area contributed by atoms with Gasteiger partial charge in [0, 0.05) is 40.8 Å². The van der Waals surface area contributed by atoms with Crippen molar-refractivity contribution in [1.82, 2.24) is 0 Å². The Morgan fingerprint density at radius 3 is 1.67 bits per heavy atom. The number of benzene rings is 4. The van der Waals surface area contributed by atoms with E-state index < -0.39 is 18.5 Å². The fraction of sp³-hybridized carbons (Fsp3) is 0.600. The van der Waals surface area contributed by atoms with Crippen molar-refractivity contribution in [3.05, 3.63) is 126 Å². The van der Waals surface area contributed by atoms with E-state index in [1.165, 1.54) is 10.4 Å². The van der Waals surface area contributed by atoms with Crippen molar-refractivity contribution >= 4 is 65.7 Å². The quantitative estimate of drug-likeness (QED) is 0.0355. The Labute approximate surface area is 469 Å². The summed E-state index contributed by atoms with van der Waals surface area (Å²) < 4.78 is 56.4. The van der Waals surface area contributed by atoms with E-state index in [-0.39, 0.29) is 39.5 Å². The van der Waals surface area contributed by atoms with E-state index >= 15 is 0 Å². The van der Waals surface area contributed by atoms with Crippen LogP contribution in [-0.4, -0.2) is 143 Å². The van der Waals surface area contributed by atoms with Crippen LogP contribution >= 0.6 is 47.0 Å². The van der Waals surface area contributed by atoms with Crippen LogP contribution in [0.4, 0.5) is 0 Å². The van der Waals surface area contributed by atoms with Gasteiger partial charge in [0.15, 0.2) is 0 Å². The maximum Gasteiger partial charge on any atom is 0.261 e. The number of ether oxygens (including phenoxy) is 8. The van der Waals surface area contributed by atoms with Crippen LogP contribution in [0.25, 0.3) is 0 Å². The van der Waals surface area contributed by atoms with Gasteiger partial charge < -0.3 is 47.4 Å². The third kappa shape index (κ3) is 18.2. The average Bonchev–Trinajstić information content (AvgIpc) is 3.43. The summed E-state index contributed by atoms with van der Waals surface area (Å²) in [6.07, 6.45) is 4.09. The Morgan fingerprint density at radius 2 is 1.12 bits per heavy atom. The zero-order valence-electron chi connectivity index (χ0n) is 46.1. The summed E-state index contributed by atoms with van der Waals surface area (Å²) in [4.78, 5) is 0. The molecule has 0 bridgehead atoms. The van der Waals surface area contributed by atoms with Gasteiger partial charge in [-0.15, -0.1) is 47.0 Å². The minimum absolute atomic E-state index is 0.141. The first-order chi connectivity index (χ1) is 36.4. The highest BCUT2D eigenvalue weighted by molar-refractivity contribution is 8.19. The van der Waals surface area contributed by atoms with Gasteiger partial charge in [0.05, 0.1) is 92.0 Å². The molecule has 2 fully saturated rings. The van der Waals surface area contributed by atoms with Gasteiger partial charge in [0.2, 0.25) is 0 Å². The molecule has 6 rings (SSSR count). The van der Waals surface area contributed by atoms with Crippen LogP contribution in [-0.2, 0) is 50.8 Å². The van der Waals surface area contributed by atoms with Crippen molar-refractivity contribution in [3.8, 4) is 5.75 Å². The first kappa shape index (κ1) is 62.1. The molecule has 0 spiro atoms. The molecule has 0 aliphatic carbocycles. The highest BCUT2D eigenvalue weighted by atomic mass is 32.2. The van der Waals surface area contributed by atoms with Crippen molar-refractivity contribution in [2.75, 3.05) is 91.1 Å². The van der Waals surface area contributed by atoms with Crippen LogP contribution in [0, 0.1) is 5.92 Å². The number of methoxy groups -OCH3 is 4. The van der Waals surface area contributed by atoms with E-state index in [2.05, 4.69) is 113 Å². The molecule has 0 aromatic heterocycles. The van der Waals surface area contributed by atoms with Gasteiger partial charge in [-0.2, -0.15) is 0 Å². The molecule has 15 heteroatoms. The van der Waals surface area contributed by atoms with Gasteiger partial charge >= 0.3 is 0 Å². The molecular formula is C60H88O10S4Si. The van der Waals surface area contributed by atoms with Crippen LogP contribution < -0.4 is 15.1 Å². The minimum Gasteiger partial charge on any atom is -0.497 e. The molecule has 0 amide bonds. The third-order valence-corrected chi connectivity index (χ3v) is 26.9. The number of hydrogen-bond donors (Lipinski definition) is 1. The smallest absolute Gasteiger partial charge is 0.261 e. The van der Waals surface area contributed by atoms with Crippen LogP contribution in [0.3, 0.4) is 0 Å². The van der Waals surface area contributed by atoms with Gasteiger partial charge in [0.25, 0.3) is 8.32 Å². The van der Waals surface area contributed by atoms with E-state index in [4.69, 9.17) is 42.3 Å². The summed E-state index contributed by atoms with van der Waals surface area (Å²) in [6, 6.07) is 40.0. The van der Waals surface area contributed by atoms with Crippen LogP contribution in [0.15, 0.2) is 115 Å². The van der Waals surface area contributed by atoms with Gasteiger partial charge in [-0.3, -0.25) is 0 Å². The Hall–Kier alpha value is -2.06. The first-order valence-corrected chi connectivity index (χ1v) is 32.8. The lowest BCUT2D eigenvalue weighted by Crippen LogP contribution is -2.67. The molecule has 2 heterocycles. The molecule has 0 radical (unpaired) electrons. The van der Waals surface area contributed by atoms with E-state index in [1.807, 2.05) is 84.5 Å². The predicted octanol–water partition coefficient (Wildman–Crippen LogP) is 11.5. The van der Waals surface area contributed by atoms with Crippen LogP contribution in [0.1, 0.15) is 83.8 Å². The summed E-state index contributed by atoms with van der Waals surface area (Å²) in [5.74, 6) is 5.06. The lowest BCUT2D eigenvalue weighted by molar-refractivity contribution is -0.102. The summed E-state index contributed by atoms with van der Waals surface area (Å²) in [7, 11) is 4.07. The average molecular weight is 1130 g/mol. The second kappa shape index (κ2) is 32.3. The number of thioether (sulfide) groups is 4. The molecule has 2 aliphatic heterocycles. The Bertz CT molecular complexity index is 2090. The Morgan fingerprint density at radius 1 is 0.573 bits per heavy atom. The third-order valence-electron chi connectivity index (χ3n) is 14.5. The molecule has 10 nitrogen and oxygen atoms in total. The van der Waals surface area contributed by atoms with Gasteiger partial charge in [-0.25, -0.2) is 0 Å². The monoisotopic (exact) mass is 1120 g/mol. The zero-order valence-corrected chi connectivity index (χ0v) is 50.4. The van der Waals surface area contributed by atoms with Gasteiger partial charge in [0.1, 0.15) is 5.75 Å². The largest absolute Gasteiger partial charge is 0.497 e. The van der Waals surface area contributed by atoms with Crippen molar-refractivity contribution in [2.45, 2.75) is 130 Å². The standard InChI is InChI=1S/C60H88O10S4Si/c1-47(59(71-36-18-37-72-59)43-56(69-45-48-20-12-9-13-21-48)55(68-35-33-63-6)30-31-66-44-49-26-28-50(64-7)29-27-49)40-57(61)60(73-38-19-39-74-60)42-51(65-8)41-52(67-34-32-62-5)46-70-75(58(2,3)4,53-22-14-10-15-23-53)54-24-16-11-17-25-54/h9-17,20-29,47,51-52,55-57,61H,18-19,30-46H2,1-8H3/t47-,51-,52-,55-,56-,57?/m0/s1. The summed E-state index contributed by atoms with van der Waals surface area (Å²) >= 11 is 7.93. The van der Waals surface area contributed by atoms with E-state index in [0.29, 0.717) is 78.5 Å². The second-order valence-corrected chi connectivity index (χ2v) is 31.3. The van der Waals surface area contributed by atoms with Crippen LogP contribution in [0.2, 0.25) is 5.04 Å². The van der Waals surface area contributed by atoms with Crippen molar-refractivity contribution in [1.29, 1.82) is 0 Å². The lowest BCUT2D eigenvalue weighted by Gasteiger charge is -2.47. The van der Waals surface area contributed by atoms with Crippen molar-refractivity contribution in [2.24, 2.45) is 5.92 Å². The Balaban J connectivity index is 1.22. The molecular weight excluding hydrogens is 1040 g/mol. The highest BCUT2D eigenvalue weighted by Gasteiger charge is 2.52. The molecule has 75 heavy (non-hydrogen) atoms. The maximum atomic E-state index is 13.0. The first-order valence-electron chi connectivity index (χ1n) is 27.0. The summed E-state index contributed by atoms with van der Waals surface area (Å²) in [5, 5.41) is 15.3. The van der Waals surface area contributed by atoms with Crippen molar-refractivity contribution < 1.29 is 47.4 Å². The molecule has 6 atom stereocenters. The molecule has 2 saturated heterocycles. The van der Waals surface area contributed by atoms with Gasteiger partial charge in [-0.05, 0) is 99.7 Å². The van der Waals surface area contributed by atoms with Gasteiger partial charge in [-0.1, -0.05) is 131 Å². The number of hydrogen-bond acceptors (Lipinski definition) is 14. The normalized spacial score (nSPS) is 18.4. The molecule has 416 valence electrons. The summed E-state index contributed by atoms with van der Waals surface area (Å²) in [6.45, 7) is 13.0. The van der Waals surface area contributed by atoms with E-state index in [9.17, 15) is 5.11 Å². The molecule has 1 unspecified atom stereocenters. The van der Waals surface area contributed by atoms with Crippen molar-refractivity contribution in [3.63, 3.8) is 0 Å². The minimum atomic E-state index is -2.85. The topological polar surface area (TPSA) is 103 Å². The number of aliphatic hydroxyl groups excluding tert-OH is 1. The lowest BCUT2D eigenvalue weighted by atomic mass is 9.90. The molecule has 2 aliphatic rings.